The Bertz CT molecular complexity index is 135. The lowest BCUT2D eigenvalue weighted by Crippen LogP contribution is -2.22. The molecule has 1 heterocycles. The average molecular weight is 144 g/mol. The van der Waals surface area contributed by atoms with Gasteiger partial charge in [0.05, 0.1) is 0 Å². The SMILES string of the molecule is NCC(F)=C1CCCCN1. The predicted octanol–water partition coefficient (Wildman–Crippen LogP) is 0.900. The van der Waals surface area contributed by atoms with Gasteiger partial charge in [-0.1, -0.05) is 0 Å². The van der Waals surface area contributed by atoms with E-state index in [0.717, 1.165) is 25.8 Å². The number of allylic oxidation sites excluding steroid dienone is 1. The van der Waals surface area contributed by atoms with Crippen molar-refractivity contribution in [2.45, 2.75) is 19.3 Å². The van der Waals surface area contributed by atoms with Gasteiger partial charge >= 0.3 is 0 Å². The highest BCUT2D eigenvalue weighted by Gasteiger charge is 2.08. The first-order valence-corrected chi connectivity index (χ1v) is 3.66. The van der Waals surface area contributed by atoms with Crippen molar-refractivity contribution in [3.63, 3.8) is 0 Å². The van der Waals surface area contributed by atoms with Gasteiger partial charge in [0, 0.05) is 18.8 Å². The summed E-state index contributed by atoms with van der Waals surface area (Å²) in [6, 6.07) is 0. The van der Waals surface area contributed by atoms with Crippen LogP contribution in [0, 0.1) is 0 Å². The highest BCUT2D eigenvalue weighted by molar-refractivity contribution is 5.08. The Hall–Kier alpha value is -0.570. The number of hydrogen-bond acceptors (Lipinski definition) is 2. The van der Waals surface area contributed by atoms with E-state index in [9.17, 15) is 4.39 Å². The molecule has 3 N–H and O–H groups in total. The van der Waals surface area contributed by atoms with Crippen LogP contribution in [-0.4, -0.2) is 13.1 Å². The zero-order valence-electron chi connectivity index (χ0n) is 5.99. The van der Waals surface area contributed by atoms with Gasteiger partial charge in [-0.2, -0.15) is 0 Å². The molecule has 3 heteroatoms. The van der Waals surface area contributed by atoms with Crippen molar-refractivity contribution < 1.29 is 4.39 Å². The first-order valence-electron chi connectivity index (χ1n) is 3.66. The Kier molecular flexibility index (Phi) is 2.68. The fraction of sp³-hybridized carbons (Fsp3) is 0.714. The summed E-state index contributed by atoms with van der Waals surface area (Å²) in [5, 5.41) is 2.99. The first-order chi connectivity index (χ1) is 4.84. The molecule has 1 fully saturated rings. The number of rotatable bonds is 1. The Morgan fingerprint density at radius 3 is 2.90 bits per heavy atom. The molecule has 1 rings (SSSR count). The van der Waals surface area contributed by atoms with E-state index in [4.69, 9.17) is 5.73 Å². The van der Waals surface area contributed by atoms with Gasteiger partial charge in [0.15, 0.2) is 0 Å². The maximum Gasteiger partial charge on any atom is 0.132 e. The summed E-state index contributed by atoms with van der Waals surface area (Å²) >= 11 is 0. The van der Waals surface area contributed by atoms with Gasteiger partial charge in [0.25, 0.3) is 0 Å². The number of nitrogens with two attached hydrogens (primary N) is 1. The molecule has 0 atom stereocenters. The van der Waals surface area contributed by atoms with Crippen LogP contribution in [0.2, 0.25) is 0 Å². The lowest BCUT2D eigenvalue weighted by Gasteiger charge is -2.16. The average Bonchev–Trinajstić information content (AvgIpc) is 2.05. The minimum Gasteiger partial charge on any atom is -0.386 e. The first kappa shape index (κ1) is 7.54. The van der Waals surface area contributed by atoms with E-state index in [1.807, 2.05) is 0 Å². The van der Waals surface area contributed by atoms with Gasteiger partial charge in [-0.15, -0.1) is 0 Å². The molecule has 0 bridgehead atoms. The number of piperidine rings is 1. The molecule has 1 saturated heterocycles. The molecule has 0 spiro atoms. The Morgan fingerprint density at radius 1 is 1.60 bits per heavy atom. The van der Waals surface area contributed by atoms with E-state index in [-0.39, 0.29) is 12.4 Å². The van der Waals surface area contributed by atoms with Gasteiger partial charge in [-0.25, -0.2) is 4.39 Å². The second kappa shape index (κ2) is 3.56. The lowest BCUT2D eigenvalue weighted by atomic mass is 10.1. The third-order valence-corrected chi connectivity index (χ3v) is 1.70. The number of nitrogens with one attached hydrogen (secondary N) is 1. The van der Waals surface area contributed by atoms with Gasteiger partial charge in [0.1, 0.15) is 5.83 Å². The van der Waals surface area contributed by atoms with Gasteiger partial charge < -0.3 is 11.1 Å². The fourth-order valence-electron chi connectivity index (χ4n) is 1.11. The zero-order chi connectivity index (χ0) is 7.40. The second-order valence-electron chi connectivity index (χ2n) is 2.47. The van der Waals surface area contributed by atoms with Gasteiger partial charge in [0.2, 0.25) is 0 Å². The molecule has 1 aliphatic rings. The zero-order valence-corrected chi connectivity index (χ0v) is 5.99. The molecule has 58 valence electrons. The summed E-state index contributed by atoms with van der Waals surface area (Å²) < 4.78 is 12.7. The van der Waals surface area contributed by atoms with Crippen molar-refractivity contribution in [3.8, 4) is 0 Å². The van der Waals surface area contributed by atoms with Crippen LogP contribution < -0.4 is 11.1 Å². The van der Waals surface area contributed by atoms with Crippen molar-refractivity contribution in [3.05, 3.63) is 11.5 Å². The van der Waals surface area contributed by atoms with Crippen molar-refractivity contribution in [2.75, 3.05) is 13.1 Å². The van der Waals surface area contributed by atoms with Crippen LogP contribution in [0.15, 0.2) is 11.5 Å². The van der Waals surface area contributed by atoms with E-state index in [1.165, 1.54) is 0 Å². The molecule has 0 aromatic rings. The van der Waals surface area contributed by atoms with E-state index in [0.29, 0.717) is 5.70 Å². The Balaban J connectivity index is 2.51. The smallest absolute Gasteiger partial charge is 0.132 e. The minimum absolute atomic E-state index is 0.0301. The summed E-state index contributed by atoms with van der Waals surface area (Å²) in [4.78, 5) is 0. The molecule has 0 aromatic heterocycles. The highest BCUT2D eigenvalue weighted by Crippen LogP contribution is 2.14. The van der Waals surface area contributed by atoms with Crippen LogP contribution in [0.4, 0.5) is 4.39 Å². The van der Waals surface area contributed by atoms with Crippen LogP contribution in [-0.2, 0) is 0 Å². The van der Waals surface area contributed by atoms with E-state index >= 15 is 0 Å². The third kappa shape index (κ3) is 1.70. The molecule has 0 unspecified atom stereocenters. The molecule has 1 aliphatic heterocycles. The van der Waals surface area contributed by atoms with Crippen LogP contribution in [0.3, 0.4) is 0 Å². The van der Waals surface area contributed by atoms with Crippen molar-refractivity contribution in [2.24, 2.45) is 5.73 Å². The molecule has 10 heavy (non-hydrogen) atoms. The summed E-state index contributed by atoms with van der Waals surface area (Å²) in [6.45, 7) is 0.922. The van der Waals surface area contributed by atoms with Gasteiger partial charge in [-0.3, -0.25) is 0 Å². The molecule has 2 nitrogen and oxygen atoms in total. The summed E-state index contributed by atoms with van der Waals surface area (Å²) in [5.74, 6) is -0.181. The fourth-order valence-corrected chi connectivity index (χ4v) is 1.11. The van der Waals surface area contributed by atoms with E-state index < -0.39 is 0 Å². The normalized spacial score (nSPS) is 23.8. The summed E-state index contributed by atoms with van der Waals surface area (Å²) in [6.07, 6.45) is 3.04. The maximum atomic E-state index is 12.7. The third-order valence-electron chi connectivity index (χ3n) is 1.70. The number of hydrogen-bond donors (Lipinski definition) is 2. The van der Waals surface area contributed by atoms with Crippen LogP contribution in [0.5, 0.6) is 0 Å². The topological polar surface area (TPSA) is 38.0 Å². The Morgan fingerprint density at radius 2 is 2.40 bits per heavy atom. The largest absolute Gasteiger partial charge is 0.386 e. The van der Waals surface area contributed by atoms with Gasteiger partial charge in [-0.05, 0) is 19.3 Å². The molecule has 0 aliphatic carbocycles. The molecular weight excluding hydrogens is 131 g/mol. The molecule has 0 saturated carbocycles. The van der Waals surface area contributed by atoms with Crippen molar-refractivity contribution in [1.82, 2.24) is 5.32 Å². The molecule has 0 radical (unpaired) electrons. The van der Waals surface area contributed by atoms with Crippen molar-refractivity contribution >= 4 is 0 Å². The number of halogens is 1. The van der Waals surface area contributed by atoms with Crippen molar-refractivity contribution in [1.29, 1.82) is 0 Å². The summed E-state index contributed by atoms with van der Waals surface area (Å²) in [5.41, 5.74) is 5.85. The lowest BCUT2D eigenvalue weighted by molar-refractivity contribution is 0.523. The molecule has 0 aromatic carbocycles. The minimum atomic E-state index is -0.181. The molecule has 0 amide bonds. The quantitative estimate of drug-likeness (QED) is 0.573. The molecular formula is C7H13FN2. The predicted molar refractivity (Wildman–Crippen MR) is 39.0 cm³/mol. The highest BCUT2D eigenvalue weighted by atomic mass is 19.1. The monoisotopic (exact) mass is 144 g/mol. The Labute approximate surface area is 60.3 Å². The van der Waals surface area contributed by atoms with Crippen LogP contribution in [0.1, 0.15) is 19.3 Å². The standard InChI is InChI=1S/C7H13FN2/c8-6(5-9)7-3-1-2-4-10-7/h10H,1-5,9H2. The second-order valence-corrected chi connectivity index (χ2v) is 2.47. The van der Waals surface area contributed by atoms with Crippen LogP contribution >= 0.6 is 0 Å². The van der Waals surface area contributed by atoms with Crippen LogP contribution in [0.25, 0.3) is 0 Å². The van der Waals surface area contributed by atoms with E-state index in [2.05, 4.69) is 5.32 Å². The maximum absolute atomic E-state index is 12.7. The summed E-state index contributed by atoms with van der Waals surface area (Å²) in [7, 11) is 0. The van der Waals surface area contributed by atoms with E-state index in [1.54, 1.807) is 0 Å².